The lowest BCUT2D eigenvalue weighted by Crippen LogP contribution is -2.51. The average molecular weight is 313 g/mol. The second kappa shape index (κ2) is 5.72. The molecule has 1 atom stereocenters. The Balaban J connectivity index is 1.84. The molecule has 0 aromatic carbocycles. The summed E-state index contributed by atoms with van der Waals surface area (Å²) in [4.78, 5) is 2.70. The van der Waals surface area contributed by atoms with Crippen LogP contribution in [0.15, 0.2) is 17.2 Å². The molecule has 2 saturated heterocycles. The van der Waals surface area contributed by atoms with Gasteiger partial charge in [-0.3, -0.25) is 4.90 Å². The van der Waals surface area contributed by atoms with E-state index in [0.29, 0.717) is 36.3 Å². The molecule has 2 fully saturated rings. The fraction of sp³-hybridized carbons (Fsp3) is 0.714. The van der Waals surface area contributed by atoms with Crippen LogP contribution < -0.4 is 0 Å². The molecule has 1 aromatic heterocycles. The number of sulfonamides is 1. The Kier molecular flexibility index (Phi) is 4.09. The summed E-state index contributed by atoms with van der Waals surface area (Å²) in [6.07, 6.45) is 3.89. The Bertz CT molecular complexity index is 589. The molecule has 0 radical (unpaired) electrons. The van der Waals surface area contributed by atoms with Crippen LogP contribution in [-0.4, -0.2) is 59.5 Å². The van der Waals surface area contributed by atoms with E-state index in [1.54, 1.807) is 21.1 Å². The van der Waals surface area contributed by atoms with E-state index in [2.05, 4.69) is 4.90 Å². The minimum absolute atomic E-state index is 0.139. The van der Waals surface area contributed by atoms with Crippen LogP contribution >= 0.6 is 0 Å². The summed E-state index contributed by atoms with van der Waals surface area (Å²) >= 11 is 0. The largest absolute Gasteiger partial charge is 0.390 e. The Hall–Kier alpha value is -0.890. The molecule has 0 saturated carbocycles. The quantitative estimate of drug-likeness (QED) is 0.877. The number of piperazine rings is 1. The summed E-state index contributed by atoms with van der Waals surface area (Å²) in [5, 5.41) is 9.33. The van der Waals surface area contributed by atoms with Gasteiger partial charge in [0.25, 0.3) is 0 Å². The maximum atomic E-state index is 12.8. The van der Waals surface area contributed by atoms with Gasteiger partial charge < -0.3 is 9.67 Å². The molecule has 21 heavy (non-hydrogen) atoms. The number of fused-ring (bicyclic) bond motifs is 1. The molecule has 1 aromatic rings. The van der Waals surface area contributed by atoms with Crippen molar-refractivity contribution in [3.05, 3.63) is 18.0 Å². The number of aliphatic hydroxyl groups excluding tert-OH is 1. The van der Waals surface area contributed by atoms with Crippen LogP contribution in [0.1, 0.15) is 25.5 Å². The van der Waals surface area contributed by atoms with Gasteiger partial charge in [0.2, 0.25) is 10.0 Å². The van der Waals surface area contributed by atoms with Gasteiger partial charge in [-0.05, 0) is 32.4 Å². The molecular formula is C14H23N3O3S. The molecule has 2 aliphatic heterocycles. The summed E-state index contributed by atoms with van der Waals surface area (Å²) in [6, 6.07) is 1.97. The zero-order valence-electron chi connectivity index (χ0n) is 12.4. The predicted octanol–water partition coefficient (Wildman–Crippen LogP) is 0.469. The molecule has 0 amide bonds. The zero-order valence-corrected chi connectivity index (χ0v) is 13.2. The first-order valence-corrected chi connectivity index (χ1v) is 9.04. The minimum Gasteiger partial charge on any atom is -0.390 e. The normalized spacial score (nSPS) is 24.4. The number of aliphatic hydroxyl groups is 1. The number of aromatic nitrogens is 1. The Labute approximate surface area is 126 Å². The lowest BCUT2D eigenvalue weighted by atomic mass is 10.2. The monoisotopic (exact) mass is 313 g/mol. The lowest BCUT2D eigenvalue weighted by molar-refractivity contribution is 0.158. The van der Waals surface area contributed by atoms with E-state index in [-0.39, 0.29) is 6.61 Å². The van der Waals surface area contributed by atoms with Crippen molar-refractivity contribution < 1.29 is 13.5 Å². The van der Waals surface area contributed by atoms with E-state index in [4.69, 9.17) is 0 Å². The highest BCUT2D eigenvalue weighted by molar-refractivity contribution is 7.89. The van der Waals surface area contributed by atoms with E-state index in [0.717, 1.165) is 19.5 Å². The van der Waals surface area contributed by atoms with Crippen molar-refractivity contribution in [2.75, 3.05) is 26.2 Å². The van der Waals surface area contributed by atoms with Gasteiger partial charge in [-0.2, -0.15) is 4.31 Å². The molecule has 0 aliphatic carbocycles. The van der Waals surface area contributed by atoms with Gasteiger partial charge in [-0.1, -0.05) is 0 Å². The van der Waals surface area contributed by atoms with E-state index >= 15 is 0 Å². The van der Waals surface area contributed by atoms with E-state index in [1.165, 1.54) is 6.42 Å². The summed E-state index contributed by atoms with van der Waals surface area (Å²) in [6.45, 7) is 5.53. The molecule has 0 spiro atoms. The highest BCUT2D eigenvalue weighted by Crippen LogP contribution is 2.26. The standard InChI is InChI=1S/C14H23N3O3S/c1-2-15-10-14(8-13(15)11-18)21(19,20)17-7-6-16-5-3-4-12(16)9-17/h8,10,12,18H,2-7,9,11H2,1H3. The third kappa shape index (κ3) is 2.63. The molecule has 7 heteroatoms. The number of hydrogen-bond donors (Lipinski definition) is 1. The summed E-state index contributed by atoms with van der Waals surface area (Å²) in [5.74, 6) is 0. The van der Waals surface area contributed by atoms with Gasteiger partial charge in [0.1, 0.15) is 4.90 Å². The van der Waals surface area contributed by atoms with Crippen molar-refractivity contribution in [1.29, 1.82) is 0 Å². The fourth-order valence-electron chi connectivity index (χ4n) is 3.42. The summed E-state index contributed by atoms with van der Waals surface area (Å²) < 4.78 is 29.0. The maximum absolute atomic E-state index is 12.8. The predicted molar refractivity (Wildman–Crippen MR) is 79.4 cm³/mol. The molecule has 0 bridgehead atoms. The Morgan fingerprint density at radius 2 is 2.14 bits per heavy atom. The molecule has 6 nitrogen and oxygen atoms in total. The second-order valence-electron chi connectivity index (χ2n) is 5.81. The van der Waals surface area contributed by atoms with Crippen LogP contribution in [0.2, 0.25) is 0 Å². The first kappa shape index (κ1) is 15.0. The van der Waals surface area contributed by atoms with Crippen molar-refractivity contribution in [3.63, 3.8) is 0 Å². The van der Waals surface area contributed by atoms with Crippen molar-refractivity contribution in [1.82, 2.24) is 13.8 Å². The van der Waals surface area contributed by atoms with Crippen molar-refractivity contribution in [2.24, 2.45) is 0 Å². The van der Waals surface area contributed by atoms with Gasteiger partial charge in [-0.15, -0.1) is 0 Å². The smallest absolute Gasteiger partial charge is 0.244 e. The van der Waals surface area contributed by atoms with E-state index in [1.807, 2.05) is 6.92 Å². The molecule has 3 rings (SSSR count). The average Bonchev–Trinajstić information content (AvgIpc) is 3.12. The number of rotatable bonds is 4. The molecule has 1 N–H and O–H groups in total. The highest BCUT2D eigenvalue weighted by atomic mass is 32.2. The molecular weight excluding hydrogens is 290 g/mol. The highest BCUT2D eigenvalue weighted by Gasteiger charge is 2.36. The Morgan fingerprint density at radius 1 is 1.33 bits per heavy atom. The zero-order chi connectivity index (χ0) is 15.0. The van der Waals surface area contributed by atoms with Crippen molar-refractivity contribution >= 4 is 10.0 Å². The molecule has 118 valence electrons. The van der Waals surface area contributed by atoms with Crippen LogP contribution in [-0.2, 0) is 23.2 Å². The van der Waals surface area contributed by atoms with Gasteiger partial charge in [0, 0.05) is 44.1 Å². The van der Waals surface area contributed by atoms with E-state index in [9.17, 15) is 13.5 Å². The third-order valence-electron chi connectivity index (χ3n) is 4.65. The Morgan fingerprint density at radius 3 is 2.81 bits per heavy atom. The van der Waals surface area contributed by atoms with Crippen molar-refractivity contribution in [2.45, 2.75) is 43.9 Å². The van der Waals surface area contributed by atoms with E-state index < -0.39 is 10.0 Å². The topological polar surface area (TPSA) is 65.8 Å². The van der Waals surface area contributed by atoms with Gasteiger partial charge in [-0.25, -0.2) is 8.42 Å². The first-order chi connectivity index (χ1) is 10.1. The van der Waals surface area contributed by atoms with Gasteiger partial charge in [0.15, 0.2) is 0 Å². The summed E-state index contributed by atoms with van der Waals surface area (Å²) in [5.41, 5.74) is 0.649. The van der Waals surface area contributed by atoms with Gasteiger partial charge in [0.05, 0.1) is 6.61 Å². The van der Waals surface area contributed by atoms with Crippen LogP contribution in [0.4, 0.5) is 0 Å². The number of nitrogens with zero attached hydrogens (tertiary/aromatic N) is 3. The SMILES string of the molecule is CCn1cc(S(=O)(=O)N2CCN3CCCC3C2)cc1CO. The molecule has 3 heterocycles. The maximum Gasteiger partial charge on any atom is 0.244 e. The van der Waals surface area contributed by atoms with Gasteiger partial charge >= 0.3 is 0 Å². The van der Waals surface area contributed by atoms with Crippen LogP contribution in [0.25, 0.3) is 0 Å². The molecule has 2 aliphatic rings. The summed E-state index contributed by atoms with van der Waals surface area (Å²) in [7, 11) is -3.45. The van der Waals surface area contributed by atoms with Crippen LogP contribution in [0.5, 0.6) is 0 Å². The van der Waals surface area contributed by atoms with Crippen LogP contribution in [0.3, 0.4) is 0 Å². The second-order valence-corrected chi connectivity index (χ2v) is 7.74. The molecule has 1 unspecified atom stereocenters. The third-order valence-corrected chi connectivity index (χ3v) is 6.48. The minimum atomic E-state index is -3.45. The van der Waals surface area contributed by atoms with Crippen molar-refractivity contribution in [3.8, 4) is 0 Å². The first-order valence-electron chi connectivity index (χ1n) is 7.60. The fourth-order valence-corrected chi connectivity index (χ4v) is 4.96. The number of aryl methyl sites for hydroxylation is 1. The number of hydrogen-bond acceptors (Lipinski definition) is 4. The van der Waals surface area contributed by atoms with Crippen LogP contribution in [0, 0.1) is 0 Å². The lowest BCUT2D eigenvalue weighted by Gasteiger charge is -2.36.